The molecule has 0 aromatic rings. The molecule has 17 heavy (non-hydrogen) atoms. The van der Waals surface area contributed by atoms with Gasteiger partial charge in [0.05, 0.1) is 25.4 Å². The van der Waals surface area contributed by atoms with Crippen LogP contribution in [0.1, 0.15) is 34.1 Å². The molecule has 0 bridgehead atoms. The van der Waals surface area contributed by atoms with Gasteiger partial charge in [-0.25, -0.2) is 0 Å². The second-order valence-corrected chi connectivity index (χ2v) is 5.93. The van der Waals surface area contributed by atoms with Gasteiger partial charge in [-0.3, -0.25) is 4.90 Å². The van der Waals surface area contributed by atoms with Gasteiger partial charge < -0.3 is 15.2 Å². The van der Waals surface area contributed by atoms with Gasteiger partial charge in [-0.1, -0.05) is 6.92 Å². The van der Waals surface area contributed by atoms with Crippen molar-refractivity contribution in [3.05, 3.63) is 0 Å². The van der Waals surface area contributed by atoms with Crippen LogP contribution in [0.5, 0.6) is 0 Å². The number of nitrogens with one attached hydrogen (secondary N) is 1. The van der Waals surface area contributed by atoms with Crippen molar-refractivity contribution in [2.24, 2.45) is 0 Å². The van der Waals surface area contributed by atoms with Gasteiger partial charge >= 0.3 is 0 Å². The van der Waals surface area contributed by atoms with Crippen LogP contribution >= 0.6 is 0 Å². The SMILES string of the molecule is CCCNC(C)(CO)CN1CCOCC1(C)C. The van der Waals surface area contributed by atoms with Gasteiger partial charge in [0, 0.05) is 18.6 Å². The van der Waals surface area contributed by atoms with E-state index in [0.717, 1.165) is 39.3 Å². The van der Waals surface area contributed by atoms with E-state index in [4.69, 9.17) is 4.74 Å². The highest BCUT2D eigenvalue weighted by Gasteiger charge is 2.35. The summed E-state index contributed by atoms with van der Waals surface area (Å²) in [6.45, 7) is 13.1. The van der Waals surface area contributed by atoms with Gasteiger partial charge in [-0.05, 0) is 33.7 Å². The predicted octanol–water partition coefficient (Wildman–Crippen LogP) is 0.848. The fourth-order valence-electron chi connectivity index (χ4n) is 2.19. The molecule has 0 spiro atoms. The lowest BCUT2D eigenvalue weighted by Gasteiger charge is -2.46. The maximum Gasteiger partial charge on any atom is 0.0645 e. The normalized spacial score (nSPS) is 24.5. The number of ether oxygens (including phenoxy) is 1. The van der Waals surface area contributed by atoms with E-state index in [-0.39, 0.29) is 17.7 Å². The summed E-state index contributed by atoms with van der Waals surface area (Å²) in [5.41, 5.74) is -0.160. The minimum Gasteiger partial charge on any atom is -0.394 e. The third kappa shape index (κ3) is 4.21. The second-order valence-electron chi connectivity index (χ2n) is 5.93. The first kappa shape index (κ1) is 14.9. The van der Waals surface area contributed by atoms with Crippen molar-refractivity contribution in [3.63, 3.8) is 0 Å². The zero-order valence-corrected chi connectivity index (χ0v) is 11.8. The monoisotopic (exact) mass is 244 g/mol. The van der Waals surface area contributed by atoms with Crippen molar-refractivity contribution < 1.29 is 9.84 Å². The average molecular weight is 244 g/mol. The molecule has 4 nitrogen and oxygen atoms in total. The molecule has 1 fully saturated rings. The molecular formula is C13H28N2O2. The number of nitrogens with zero attached hydrogens (tertiary/aromatic N) is 1. The topological polar surface area (TPSA) is 44.7 Å². The molecule has 1 aliphatic rings. The van der Waals surface area contributed by atoms with Gasteiger partial charge in [0.1, 0.15) is 0 Å². The van der Waals surface area contributed by atoms with E-state index in [1.807, 2.05) is 0 Å². The summed E-state index contributed by atoms with van der Waals surface area (Å²) in [5.74, 6) is 0. The van der Waals surface area contributed by atoms with Crippen molar-refractivity contribution >= 4 is 0 Å². The first-order valence-electron chi connectivity index (χ1n) is 6.62. The first-order chi connectivity index (χ1) is 7.93. The van der Waals surface area contributed by atoms with Crippen LogP contribution in [0.15, 0.2) is 0 Å². The maximum atomic E-state index is 9.59. The summed E-state index contributed by atoms with van der Waals surface area (Å²) in [6, 6.07) is 0. The zero-order valence-electron chi connectivity index (χ0n) is 11.8. The molecule has 0 aromatic carbocycles. The summed E-state index contributed by atoms with van der Waals surface area (Å²) in [7, 11) is 0. The van der Waals surface area contributed by atoms with Crippen molar-refractivity contribution in [3.8, 4) is 0 Å². The minimum atomic E-state index is -0.218. The van der Waals surface area contributed by atoms with Crippen LogP contribution in [0, 0.1) is 0 Å². The van der Waals surface area contributed by atoms with E-state index in [2.05, 4.69) is 37.9 Å². The van der Waals surface area contributed by atoms with Gasteiger partial charge in [-0.15, -0.1) is 0 Å². The average Bonchev–Trinajstić information content (AvgIpc) is 2.29. The van der Waals surface area contributed by atoms with E-state index in [1.165, 1.54) is 0 Å². The highest BCUT2D eigenvalue weighted by atomic mass is 16.5. The fraction of sp³-hybridized carbons (Fsp3) is 1.00. The van der Waals surface area contributed by atoms with Crippen LogP contribution in [0.3, 0.4) is 0 Å². The van der Waals surface area contributed by atoms with Gasteiger partial charge in [0.15, 0.2) is 0 Å². The Kier molecular flexibility index (Phi) is 5.38. The third-order valence-electron chi connectivity index (χ3n) is 3.51. The Balaban J connectivity index is 2.59. The first-order valence-corrected chi connectivity index (χ1v) is 6.62. The van der Waals surface area contributed by atoms with E-state index in [0.29, 0.717) is 0 Å². The number of aliphatic hydroxyl groups is 1. The molecule has 0 saturated carbocycles. The molecule has 1 rings (SSSR count). The number of hydrogen-bond acceptors (Lipinski definition) is 4. The van der Waals surface area contributed by atoms with Crippen molar-refractivity contribution in [1.29, 1.82) is 0 Å². The molecule has 1 unspecified atom stereocenters. The molecule has 102 valence electrons. The van der Waals surface area contributed by atoms with E-state index < -0.39 is 0 Å². The number of hydrogen-bond donors (Lipinski definition) is 2. The molecule has 1 aliphatic heterocycles. The largest absolute Gasteiger partial charge is 0.394 e. The van der Waals surface area contributed by atoms with E-state index in [9.17, 15) is 5.11 Å². The predicted molar refractivity (Wildman–Crippen MR) is 70.3 cm³/mol. The Labute approximate surface area is 105 Å². The molecule has 0 radical (unpaired) electrons. The molecule has 0 amide bonds. The lowest BCUT2D eigenvalue weighted by Crippen LogP contribution is -2.62. The molecular weight excluding hydrogens is 216 g/mol. The Morgan fingerprint density at radius 2 is 2.18 bits per heavy atom. The number of aliphatic hydroxyl groups excluding tert-OH is 1. The second kappa shape index (κ2) is 6.14. The van der Waals surface area contributed by atoms with Crippen molar-refractivity contribution in [2.75, 3.05) is 39.5 Å². The zero-order chi connectivity index (χ0) is 12.9. The Morgan fingerprint density at radius 3 is 2.71 bits per heavy atom. The molecule has 2 N–H and O–H groups in total. The Hall–Kier alpha value is -0.160. The minimum absolute atomic E-state index is 0.0581. The third-order valence-corrected chi connectivity index (χ3v) is 3.51. The molecule has 4 heteroatoms. The van der Waals surface area contributed by atoms with Crippen LogP contribution in [0.25, 0.3) is 0 Å². The van der Waals surface area contributed by atoms with E-state index in [1.54, 1.807) is 0 Å². The summed E-state index contributed by atoms with van der Waals surface area (Å²) >= 11 is 0. The van der Waals surface area contributed by atoms with Crippen LogP contribution < -0.4 is 5.32 Å². The molecule has 1 saturated heterocycles. The smallest absolute Gasteiger partial charge is 0.0645 e. The Bertz CT molecular complexity index is 233. The Morgan fingerprint density at radius 1 is 1.47 bits per heavy atom. The maximum absolute atomic E-state index is 9.59. The summed E-state index contributed by atoms with van der Waals surface area (Å²) < 4.78 is 5.52. The van der Waals surface area contributed by atoms with Gasteiger partial charge in [0.25, 0.3) is 0 Å². The molecule has 1 heterocycles. The van der Waals surface area contributed by atoms with Gasteiger partial charge in [0.2, 0.25) is 0 Å². The van der Waals surface area contributed by atoms with Crippen LogP contribution in [-0.2, 0) is 4.74 Å². The molecule has 0 aromatic heterocycles. The van der Waals surface area contributed by atoms with E-state index >= 15 is 0 Å². The van der Waals surface area contributed by atoms with Crippen LogP contribution in [0.2, 0.25) is 0 Å². The van der Waals surface area contributed by atoms with Crippen LogP contribution in [0.4, 0.5) is 0 Å². The van der Waals surface area contributed by atoms with Crippen molar-refractivity contribution in [2.45, 2.75) is 45.2 Å². The summed E-state index contributed by atoms with van der Waals surface area (Å²) in [4.78, 5) is 2.41. The van der Waals surface area contributed by atoms with Crippen molar-refractivity contribution in [1.82, 2.24) is 10.2 Å². The fourth-order valence-corrected chi connectivity index (χ4v) is 2.19. The lowest BCUT2D eigenvalue weighted by atomic mass is 9.96. The highest BCUT2D eigenvalue weighted by molar-refractivity contribution is 4.93. The molecule has 1 atom stereocenters. The summed E-state index contributed by atoms with van der Waals surface area (Å²) in [5, 5.41) is 13.0. The lowest BCUT2D eigenvalue weighted by molar-refractivity contribution is -0.0648. The highest BCUT2D eigenvalue weighted by Crippen LogP contribution is 2.21. The quantitative estimate of drug-likeness (QED) is 0.727. The summed E-state index contributed by atoms with van der Waals surface area (Å²) in [6.07, 6.45) is 1.09. The number of rotatable bonds is 6. The van der Waals surface area contributed by atoms with Crippen LogP contribution in [-0.4, -0.2) is 60.5 Å². The standard InChI is InChI=1S/C13H28N2O2/c1-5-6-14-13(4,10-16)9-15-7-8-17-11-12(15,2)3/h14,16H,5-11H2,1-4H3. The molecule has 0 aliphatic carbocycles. The van der Waals surface area contributed by atoms with Gasteiger partial charge in [-0.2, -0.15) is 0 Å². The number of morpholine rings is 1.